The number of hydrogen-bond donors (Lipinski definition) is 2. The van der Waals surface area contributed by atoms with Gasteiger partial charge in [0.15, 0.2) is 0 Å². The molecular formula is C21H23ClFN5O4. The maximum absolute atomic E-state index is 13.9. The lowest BCUT2D eigenvalue weighted by atomic mass is 10.1. The van der Waals surface area contributed by atoms with Gasteiger partial charge in [0.1, 0.15) is 17.2 Å². The predicted octanol–water partition coefficient (Wildman–Crippen LogP) is 2.12. The molecule has 1 atom stereocenters. The fourth-order valence-corrected chi connectivity index (χ4v) is 4.49. The quantitative estimate of drug-likeness (QED) is 0.617. The average molecular weight is 464 g/mol. The summed E-state index contributed by atoms with van der Waals surface area (Å²) in [5, 5.41) is 12.0. The second-order valence-electron chi connectivity index (χ2n) is 8.00. The number of piperidine rings is 1. The highest BCUT2D eigenvalue weighted by Gasteiger charge is 2.26. The Morgan fingerprint density at radius 2 is 2.00 bits per heavy atom. The van der Waals surface area contributed by atoms with Crippen molar-refractivity contribution in [1.82, 2.24) is 19.0 Å². The van der Waals surface area contributed by atoms with Crippen molar-refractivity contribution in [3.63, 3.8) is 0 Å². The number of aryl methyl sites for hydroxylation is 1. The molecular weight excluding hydrogens is 441 g/mol. The summed E-state index contributed by atoms with van der Waals surface area (Å²) in [6.07, 6.45) is 0.337. The molecule has 3 heterocycles. The lowest BCUT2D eigenvalue weighted by molar-refractivity contribution is 0.188. The first-order valence-corrected chi connectivity index (χ1v) is 10.5. The summed E-state index contributed by atoms with van der Waals surface area (Å²) < 4.78 is 18.1. The van der Waals surface area contributed by atoms with E-state index in [1.54, 1.807) is 17.7 Å². The molecule has 0 bridgehead atoms. The topological polar surface area (TPSA) is 102 Å². The molecule has 2 aromatic heterocycles. The third kappa shape index (κ3) is 3.86. The van der Waals surface area contributed by atoms with E-state index in [0.717, 1.165) is 11.0 Å². The zero-order valence-corrected chi connectivity index (χ0v) is 18.4. The van der Waals surface area contributed by atoms with Crippen molar-refractivity contribution >= 4 is 34.5 Å². The first-order valence-electron chi connectivity index (χ1n) is 10.1. The van der Waals surface area contributed by atoms with Crippen molar-refractivity contribution in [2.45, 2.75) is 25.4 Å². The molecule has 3 aromatic rings. The van der Waals surface area contributed by atoms with Crippen LogP contribution in [0.3, 0.4) is 0 Å². The van der Waals surface area contributed by atoms with Crippen molar-refractivity contribution in [3.05, 3.63) is 61.5 Å². The van der Waals surface area contributed by atoms with Gasteiger partial charge in [-0.2, -0.15) is 0 Å². The highest BCUT2D eigenvalue weighted by molar-refractivity contribution is 6.31. The molecule has 11 heteroatoms. The number of fused-ring (bicyclic) bond motifs is 1. The van der Waals surface area contributed by atoms with Crippen molar-refractivity contribution in [2.24, 2.45) is 14.1 Å². The van der Waals surface area contributed by atoms with E-state index >= 15 is 0 Å². The molecule has 1 aliphatic rings. The van der Waals surface area contributed by atoms with Gasteiger partial charge in [-0.1, -0.05) is 11.6 Å². The molecule has 9 nitrogen and oxygen atoms in total. The molecule has 0 spiro atoms. The summed E-state index contributed by atoms with van der Waals surface area (Å²) in [4.78, 5) is 38.7. The number of benzene rings is 1. The van der Waals surface area contributed by atoms with E-state index in [1.807, 2.05) is 4.90 Å². The monoisotopic (exact) mass is 463 g/mol. The first kappa shape index (κ1) is 21.9. The molecule has 170 valence electrons. The highest BCUT2D eigenvalue weighted by atomic mass is 35.5. The molecule has 1 saturated heterocycles. The molecule has 0 aliphatic carbocycles. The third-order valence-corrected chi connectivity index (χ3v) is 6.28. The molecule has 1 fully saturated rings. The smallest absolute Gasteiger partial charge is 0.404 e. The Bertz CT molecular complexity index is 1330. The Balaban J connectivity index is 1.91. The second-order valence-corrected chi connectivity index (χ2v) is 8.41. The van der Waals surface area contributed by atoms with Crippen LogP contribution < -0.4 is 21.5 Å². The van der Waals surface area contributed by atoms with Gasteiger partial charge in [-0.3, -0.25) is 13.9 Å². The van der Waals surface area contributed by atoms with Crippen LogP contribution in [0.15, 0.2) is 33.9 Å². The zero-order chi connectivity index (χ0) is 23.2. The summed E-state index contributed by atoms with van der Waals surface area (Å²) in [5.74, 6) is 0.182. The van der Waals surface area contributed by atoms with Crippen molar-refractivity contribution in [3.8, 4) is 0 Å². The fourth-order valence-electron chi connectivity index (χ4n) is 4.31. The van der Waals surface area contributed by atoms with Gasteiger partial charge >= 0.3 is 11.8 Å². The number of carboxylic acid groups (broad SMARTS) is 1. The SMILES string of the molecule is Cn1c(=O)c2c(cc(N3CCCC(NC(=O)O)C3)n2Cc2cc(F)ccc2Cl)n(C)c1=O. The Hall–Kier alpha value is -3.27. The van der Waals surface area contributed by atoms with E-state index in [-0.39, 0.29) is 12.6 Å². The van der Waals surface area contributed by atoms with Crippen LogP contribution in [-0.4, -0.2) is 44.0 Å². The Morgan fingerprint density at radius 1 is 1.25 bits per heavy atom. The minimum atomic E-state index is -1.10. The van der Waals surface area contributed by atoms with Gasteiger partial charge in [0.2, 0.25) is 0 Å². The van der Waals surface area contributed by atoms with Crippen LogP contribution in [-0.2, 0) is 20.6 Å². The number of anilines is 1. The molecule has 0 radical (unpaired) electrons. The minimum Gasteiger partial charge on any atom is -0.465 e. The summed E-state index contributed by atoms with van der Waals surface area (Å²) in [7, 11) is 2.99. The molecule has 2 N–H and O–H groups in total. The summed E-state index contributed by atoms with van der Waals surface area (Å²) >= 11 is 6.30. The molecule has 0 saturated carbocycles. The lowest BCUT2D eigenvalue weighted by Gasteiger charge is -2.34. The van der Waals surface area contributed by atoms with E-state index in [2.05, 4.69) is 5.32 Å². The van der Waals surface area contributed by atoms with E-state index < -0.39 is 23.2 Å². The van der Waals surface area contributed by atoms with Crippen LogP contribution in [0.4, 0.5) is 15.0 Å². The van der Waals surface area contributed by atoms with Gasteiger partial charge in [0.25, 0.3) is 5.56 Å². The number of halogens is 2. The number of hydrogen-bond acceptors (Lipinski definition) is 4. The van der Waals surface area contributed by atoms with Gasteiger partial charge in [0.05, 0.1) is 12.1 Å². The van der Waals surface area contributed by atoms with E-state index in [9.17, 15) is 18.8 Å². The number of nitrogens with zero attached hydrogens (tertiary/aromatic N) is 4. The number of carbonyl (C=O) groups is 1. The van der Waals surface area contributed by atoms with E-state index in [0.29, 0.717) is 46.9 Å². The zero-order valence-electron chi connectivity index (χ0n) is 17.6. The average Bonchev–Trinajstić information content (AvgIpc) is 3.12. The van der Waals surface area contributed by atoms with Gasteiger partial charge in [-0.15, -0.1) is 0 Å². The Morgan fingerprint density at radius 3 is 2.72 bits per heavy atom. The van der Waals surface area contributed by atoms with Gasteiger partial charge in [-0.05, 0) is 36.6 Å². The van der Waals surface area contributed by atoms with E-state index in [4.69, 9.17) is 16.7 Å². The largest absolute Gasteiger partial charge is 0.465 e. The van der Waals surface area contributed by atoms with Crippen LogP contribution in [0.1, 0.15) is 18.4 Å². The number of rotatable bonds is 4. The van der Waals surface area contributed by atoms with Crippen LogP contribution in [0.2, 0.25) is 5.02 Å². The lowest BCUT2D eigenvalue weighted by Crippen LogP contribution is -2.48. The minimum absolute atomic E-state index is 0.108. The fraction of sp³-hybridized carbons (Fsp3) is 0.381. The Kier molecular flexibility index (Phi) is 5.72. The first-order chi connectivity index (χ1) is 15.2. The maximum atomic E-state index is 13.9. The second kappa shape index (κ2) is 8.34. The summed E-state index contributed by atoms with van der Waals surface area (Å²) in [6.45, 7) is 1.14. The number of nitrogens with one attached hydrogen (secondary N) is 1. The normalized spacial score (nSPS) is 16.5. The molecule has 1 aromatic carbocycles. The van der Waals surface area contributed by atoms with Crippen molar-refractivity contribution in [2.75, 3.05) is 18.0 Å². The molecule has 1 unspecified atom stereocenters. The molecule has 32 heavy (non-hydrogen) atoms. The van der Waals surface area contributed by atoms with Crippen LogP contribution in [0.25, 0.3) is 11.0 Å². The van der Waals surface area contributed by atoms with Gasteiger partial charge in [-0.25, -0.2) is 14.0 Å². The molecule has 4 rings (SSSR count). The number of amides is 1. The Labute approximate surface area is 187 Å². The van der Waals surface area contributed by atoms with Crippen LogP contribution in [0.5, 0.6) is 0 Å². The number of aromatic nitrogens is 3. The maximum Gasteiger partial charge on any atom is 0.404 e. The van der Waals surface area contributed by atoms with E-state index in [1.165, 1.54) is 29.8 Å². The predicted molar refractivity (Wildman–Crippen MR) is 119 cm³/mol. The van der Waals surface area contributed by atoms with Crippen molar-refractivity contribution < 1.29 is 14.3 Å². The third-order valence-electron chi connectivity index (χ3n) is 5.91. The van der Waals surface area contributed by atoms with Gasteiger partial charge in [0, 0.05) is 44.3 Å². The van der Waals surface area contributed by atoms with Crippen molar-refractivity contribution in [1.29, 1.82) is 0 Å². The van der Waals surface area contributed by atoms with Crippen LogP contribution in [0, 0.1) is 5.82 Å². The van der Waals surface area contributed by atoms with Crippen LogP contribution >= 0.6 is 11.6 Å². The van der Waals surface area contributed by atoms with Gasteiger partial charge < -0.3 is 19.9 Å². The standard InChI is InChI=1S/C21H23ClFN5O4/c1-25-16-9-17(27-7-3-4-14(11-27)24-20(30)31)28(18(16)19(29)26(2)21(25)32)10-12-8-13(23)5-6-15(12)22/h5-6,8-9,14,24H,3-4,7,10-11H2,1-2H3,(H,30,31). The molecule has 1 aliphatic heterocycles. The molecule has 1 amide bonds. The highest BCUT2D eigenvalue weighted by Crippen LogP contribution is 2.29. The summed E-state index contributed by atoms with van der Waals surface area (Å²) in [5.41, 5.74) is 0.281. The summed E-state index contributed by atoms with van der Waals surface area (Å²) in [6, 6.07) is 5.50.